The molecule has 0 spiro atoms. The molecule has 370 valence electrons. The molecule has 6 aromatic carbocycles. The van der Waals surface area contributed by atoms with Gasteiger partial charge < -0.3 is 42.1 Å². The number of hydrogen-bond acceptors (Lipinski definition) is 8. The summed E-state index contributed by atoms with van der Waals surface area (Å²) in [7, 11) is 0. The second-order valence-electron chi connectivity index (χ2n) is 17.4. The lowest BCUT2D eigenvalue weighted by atomic mass is 9.98. The molecule has 2 aliphatic rings. The van der Waals surface area contributed by atoms with Gasteiger partial charge in [0.2, 0.25) is 29.5 Å². The van der Waals surface area contributed by atoms with Gasteiger partial charge in [-0.15, -0.1) is 0 Å². The number of benzene rings is 6. The largest absolute Gasteiger partial charge is 0.480 e. The summed E-state index contributed by atoms with van der Waals surface area (Å²) in [5.74, 6) is -9.22. The Hall–Kier alpha value is -8.57. The van der Waals surface area contributed by atoms with Crippen molar-refractivity contribution in [2.24, 2.45) is 0 Å². The fourth-order valence-corrected chi connectivity index (χ4v) is 8.13. The SMILES string of the molecule is O=C1CC(O)C(=O)Nc2ccc(cc2)CC(C(=O)NC(Cc2ccccc2)C(=O)O)NC(=O)C(Cc2ccccc2)NC(=O)C(Cc2ccc(-c3ccccc3)cc2)NC(=O)C(Cc2ccc(F)c(F)c2)N1. The number of carboxylic acid groups (broad SMARTS) is 1. The van der Waals surface area contributed by atoms with Crippen LogP contribution in [0.15, 0.2) is 158 Å². The smallest absolute Gasteiger partial charge is 0.326 e. The first-order chi connectivity index (χ1) is 34.7. The number of carboxylic acids is 1. The van der Waals surface area contributed by atoms with Crippen LogP contribution in [0.4, 0.5) is 14.5 Å². The maximum absolute atomic E-state index is 14.8. The van der Waals surface area contributed by atoms with Gasteiger partial charge in [0.25, 0.3) is 5.91 Å². The van der Waals surface area contributed by atoms with Crippen molar-refractivity contribution in [2.75, 3.05) is 5.32 Å². The molecule has 17 heteroatoms. The van der Waals surface area contributed by atoms with Gasteiger partial charge in [0.15, 0.2) is 11.6 Å². The Kier molecular flexibility index (Phi) is 17.3. The predicted octanol–water partition coefficient (Wildman–Crippen LogP) is 4.36. The predicted molar refractivity (Wildman–Crippen MR) is 263 cm³/mol. The zero-order valence-corrected chi connectivity index (χ0v) is 38.7. The lowest BCUT2D eigenvalue weighted by Crippen LogP contribution is -2.60. The van der Waals surface area contributed by atoms with Crippen LogP contribution in [0.3, 0.4) is 0 Å². The topological polar surface area (TPSA) is 232 Å². The number of aliphatic hydroxyl groups excluding tert-OH is 1. The van der Waals surface area contributed by atoms with Gasteiger partial charge in [0, 0.05) is 37.8 Å². The van der Waals surface area contributed by atoms with E-state index in [0.717, 1.165) is 23.3 Å². The third kappa shape index (κ3) is 14.5. The van der Waals surface area contributed by atoms with Crippen LogP contribution in [0.5, 0.6) is 0 Å². The maximum atomic E-state index is 14.8. The molecule has 6 aromatic rings. The van der Waals surface area contributed by atoms with Gasteiger partial charge in [-0.3, -0.25) is 28.8 Å². The summed E-state index contributed by atoms with van der Waals surface area (Å²) < 4.78 is 28.5. The molecule has 0 aliphatic carbocycles. The molecule has 72 heavy (non-hydrogen) atoms. The van der Waals surface area contributed by atoms with E-state index >= 15 is 0 Å². The summed E-state index contributed by atoms with van der Waals surface area (Å²) in [6, 6.07) is 35.4. The van der Waals surface area contributed by atoms with Crippen LogP contribution in [0.25, 0.3) is 11.1 Å². The highest BCUT2D eigenvalue weighted by Crippen LogP contribution is 2.21. The highest BCUT2D eigenvalue weighted by Gasteiger charge is 2.34. The van der Waals surface area contributed by atoms with E-state index < -0.39 is 102 Å². The van der Waals surface area contributed by atoms with E-state index in [9.17, 15) is 52.6 Å². The number of fused-ring (bicyclic) bond motifs is 18. The molecular weight excluding hydrogens is 927 g/mol. The van der Waals surface area contributed by atoms with Gasteiger partial charge in [-0.1, -0.05) is 133 Å². The summed E-state index contributed by atoms with van der Waals surface area (Å²) in [6.07, 6.45) is -3.77. The number of halogens is 2. The third-order valence-corrected chi connectivity index (χ3v) is 12.0. The molecule has 0 aromatic heterocycles. The van der Waals surface area contributed by atoms with Gasteiger partial charge in [-0.05, 0) is 63.2 Å². The van der Waals surface area contributed by atoms with Crippen molar-refractivity contribution in [3.8, 4) is 11.1 Å². The monoisotopic (exact) mass is 978 g/mol. The van der Waals surface area contributed by atoms with Gasteiger partial charge in [0.05, 0.1) is 6.42 Å². The van der Waals surface area contributed by atoms with Crippen molar-refractivity contribution in [1.29, 1.82) is 0 Å². The highest BCUT2D eigenvalue weighted by atomic mass is 19.2. The van der Waals surface area contributed by atoms with E-state index in [0.29, 0.717) is 22.3 Å². The maximum Gasteiger partial charge on any atom is 0.326 e. The standard InChI is InChI=1S/C55H52F2N6O9/c56-41-25-20-37(26-42(41)57)31-43-50(66)60-45(28-35-16-21-39(22-17-35)38-14-8-3-9-15-38)52(68)61-44(27-33-10-4-1-5-11-33)51(67)62-46(53(69)63-47(55(71)72)30-34-12-6-2-7-13-34)29-36-18-23-40(24-19-36)58-54(70)48(64)32-49(65)59-43/h1-26,43-48,64H,27-32H2,(H,58,70)(H,59,65)(H,60,66)(H,61,68)(H,62,67)(H,63,69)(H,71,72). The van der Waals surface area contributed by atoms with E-state index in [1.807, 2.05) is 42.5 Å². The van der Waals surface area contributed by atoms with Crippen LogP contribution >= 0.6 is 0 Å². The summed E-state index contributed by atoms with van der Waals surface area (Å²) in [5.41, 5.74) is 4.26. The molecule has 2 aliphatic heterocycles. The molecule has 0 saturated heterocycles. The van der Waals surface area contributed by atoms with E-state index in [1.54, 1.807) is 72.8 Å². The summed E-state index contributed by atoms with van der Waals surface area (Å²) in [5, 5.41) is 36.8. The van der Waals surface area contributed by atoms with E-state index in [2.05, 4.69) is 31.9 Å². The molecule has 2 bridgehead atoms. The van der Waals surface area contributed by atoms with Crippen LogP contribution < -0.4 is 31.9 Å². The first kappa shape index (κ1) is 51.3. The minimum absolute atomic E-state index is 0.0760. The van der Waals surface area contributed by atoms with Gasteiger partial charge in [0.1, 0.15) is 36.3 Å². The minimum atomic E-state index is -1.94. The minimum Gasteiger partial charge on any atom is -0.480 e. The Labute approximate surface area is 413 Å². The summed E-state index contributed by atoms with van der Waals surface area (Å²) >= 11 is 0. The van der Waals surface area contributed by atoms with Crippen molar-refractivity contribution >= 4 is 47.1 Å². The fraction of sp³-hybridized carbons (Fsp3) is 0.218. The number of carbonyl (C=O) groups is 7. The molecule has 8 rings (SSSR count). The van der Waals surface area contributed by atoms with Crippen LogP contribution in [0.1, 0.15) is 34.2 Å². The van der Waals surface area contributed by atoms with Gasteiger partial charge in [-0.2, -0.15) is 0 Å². The Bertz CT molecular complexity index is 2880. The first-order valence-corrected chi connectivity index (χ1v) is 23.1. The number of aliphatic hydroxyl groups is 1. The normalized spacial score (nSPS) is 19.5. The lowest BCUT2D eigenvalue weighted by Gasteiger charge is -2.27. The number of amides is 6. The summed E-state index contributed by atoms with van der Waals surface area (Å²) in [6.45, 7) is 0. The molecule has 0 saturated carbocycles. The molecule has 15 nitrogen and oxygen atoms in total. The van der Waals surface area contributed by atoms with Crippen molar-refractivity contribution in [2.45, 2.75) is 74.8 Å². The zero-order chi connectivity index (χ0) is 51.1. The second kappa shape index (κ2) is 24.3. The third-order valence-electron chi connectivity index (χ3n) is 12.0. The Balaban J connectivity index is 1.26. The van der Waals surface area contributed by atoms with E-state index in [4.69, 9.17) is 0 Å². The van der Waals surface area contributed by atoms with Crippen LogP contribution in [0, 0.1) is 11.6 Å². The fourth-order valence-electron chi connectivity index (χ4n) is 8.13. The lowest BCUT2D eigenvalue weighted by molar-refractivity contribution is -0.142. The molecule has 0 fully saturated rings. The van der Waals surface area contributed by atoms with Gasteiger partial charge in [-0.25, -0.2) is 13.6 Å². The Morgan fingerprint density at radius 2 is 1.04 bits per heavy atom. The number of rotatable bonds is 12. The first-order valence-electron chi connectivity index (χ1n) is 23.1. The quantitative estimate of drug-likeness (QED) is 0.0814. The van der Waals surface area contributed by atoms with Crippen molar-refractivity contribution < 1.29 is 52.6 Å². The second-order valence-corrected chi connectivity index (χ2v) is 17.4. The number of anilines is 1. The molecule has 8 N–H and O–H groups in total. The van der Waals surface area contributed by atoms with Crippen molar-refractivity contribution in [1.82, 2.24) is 26.6 Å². The number of nitrogens with one attached hydrogen (secondary N) is 6. The molecule has 6 unspecified atom stereocenters. The molecule has 6 amide bonds. The highest BCUT2D eigenvalue weighted by molar-refractivity contribution is 5.99. The van der Waals surface area contributed by atoms with Crippen LogP contribution in [-0.4, -0.2) is 87.9 Å². The number of carbonyl (C=O) groups excluding carboxylic acids is 6. The van der Waals surface area contributed by atoms with Crippen LogP contribution in [0.2, 0.25) is 0 Å². The molecule has 6 atom stereocenters. The van der Waals surface area contributed by atoms with E-state index in [1.165, 1.54) is 30.3 Å². The average Bonchev–Trinajstić information content (AvgIpc) is 3.37. The molecular formula is C55H52F2N6O9. The van der Waals surface area contributed by atoms with Crippen molar-refractivity contribution in [3.05, 3.63) is 197 Å². The molecule has 2 heterocycles. The van der Waals surface area contributed by atoms with Gasteiger partial charge >= 0.3 is 5.97 Å². The number of hydrogen-bond donors (Lipinski definition) is 8. The Morgan fingerprint density at radius 3 is 1.62 bits per heavy atom. The molecule has 0 radical (unpaired) electrons. The van der Waals surface area contributed by atoms with Crippen LogP contribution in [-0.2, 0) is 65.7 Å². The van der Waals surface area contributed by atoms with Crippen molar-refractivity contribution in [3.63, 3.8) is 0 Å². The zero-order valence-electron chi connectivity index (χ0n) is 38.7. The number of aliphatic carboxylic acids is 1. The van der Waals surface area contributed by atoms with E-state index in [-0.39, 0.29) is 36.9 Å². The average molecular weight is 979 g/mol. The Morgan fingerprint density at radius 1 is 0.542 bits per heavy atom. The summed E-state index contributed by atoms with van der Waals surface area (Å²) in [4.78, 5) is 97.4.